The van der Waals surface area contributed by atoms with Gasteiger partial charge in [-0.25, -0.2) is 4.98 Å². The number of fused-ring (bicyclic) bond motifs is 1. The maximum Gasteiger partial charge on any atom is 0.251 e. The molecule has 2 amide bonds. The largest absolute Gasteiger partial charge is 0.340 e. The smallest absolute Gasteiger partial charge is 0.251 e. The molecule has 0 radical (unpaired) electrons. The van der Waals surface area contributed by atoms with E-state index in [9.17, 15) is 9.59 Å². The van der Waals surface area contributed by atoms with Gasteiger partial charge in [-0.1, -0.05) is 43.7 Å². The average molecular weight is 378 g/mol. The van der Waals surface area contributed by atoms with Crippen molar-refractivity contribution in [1.29, 1.82) is 0 Å². The van der Waals surface area contributed by atoms with Gasteiger partial charge in [0.25, 0.3) is 5.91 Å². The quantitative estimate of drug-likeness (QED) is 0.686. The van der Waals surface area contributed by atoms with Crippen molar-refractivity contribution in [2.24, 2.45) is 5.92 Å². The number of amides is 2. The molecule has 1 heterocycles. The van der Waals surface area contributed by atoms with Gasteiger partial charge in [-0.2, -0.15) is 0 Å². The van der Waals surface area contributed by atoms with Crippen molar-refractivity contribution in [2.45, 2.75) is 40.3 Å². The van der Waals surface area contributed by atoms with E-state index in [1.54, 1.807) is 12.1 Å². The van der Waals surface area contributed by atoms with Crippen LogP contribution in [0.2, 0.25) is 0 Å². The van der Waals surface area contributed by atoms with Crippen molar-refractivity contribution < 1.29 is 9.59 Å². The lowest BCUT2D eigenvalue weighted by atomic mass is 10.0. The minimum Gasteiger partial charge on any atom is -0.340 e. The molecule has 1 aromatic heterocycles. The fraction of sp³-hybridized carbons (Fsp3) is 0.318. The maximum atomic E-state index is 13.0. The molecule has 1 unspecified atom stereocenters. The van der Waals surface area contributed by atoms with Crippen molar-refractivity contribution >= 4 is 28.8 Å². The zero-order chi connectivity index (χ0) is 20.3. The number of imidazole rings is 1. The van der Waals surface area contributed by atoms with E-state index < -0.39 is 6.04 Å². The molecule has 0 spiro atoms. The van der Waals surface area contributed by atoms with Crippen LogP contribution in [-0.2, 0) is 11.3 Å². The van der Waals surface area contributed by atoms with Gasteiger partial charge in [0.1, 0.15) is 6.04 Å². The summed E-state index contributed by atoms with van der Waals surface area (Å²) in [6.07, 6.45) is 0. The number of hydrogen-bond acceptors (Lipinski definition) is 3. The number of aryl methyl sites for hydroxylation is 2. The van der Waals surface area contributed by atoms with Crippen LogP contribution in [0.5, 0.6) is 0 Å². The molecule has 6 nitrogen and oxygen atoms in total. The summed E-state index contributed by atoms with van der Waals surface area (Å²) in [7, 11) is 0. The Kier molecular flexibility index (Phi) is 5.78. The molecule has 146 valence electrons. The highest BCUT2D eigenvalue weighted by molar-refractivity contribution is 6.01. The third-order valence-corrected chi connectivity index (χ3v) is 4.72. The Bertz CT molecular complexity index is 1010. The Morgan fingerprint density at radius 1 is 1.11 bits per heavy atom. The molecular weight excluding hydrogens is 352 g/mol. The minimum atomic E-state index is -0.668. The lowest BCUT2D eigenvalue weighted by Crippen LogP contribution is -2.47. The molecule has 2 aromatic carbocycles. The van der Waals surface area contributed by atoms with Crippen LogP contribution in [0.4, 0.5) is 5.95 Å². The summed E-state index contributed by atoms with van der Waals surface area (Å²) in [5.74, 6) is -0.125. The maximum absolute atomic E-state index is 13.0. The molecule has 6 heteroatoms. The molecule has 0 saturated heterocycles. The first kappa shape index (κ1) is 19.6. The number of nitrogens with one attached hydrogen (secondary N) is 2. The van der Waals surface area contributed by atoms with Gasteiger partial charge in [0.2, 0.25) is 11.9 Å². The van der Waals surface area contributed by atoms with E-state index in [4.69, 9.17) is 0 Å². The first-order valence-electron chi connectivity index (χ1n) is 9.54. The van der Waals surface area contributed by atoms with Crippen molar-refractivity contribution in [3.05, 3.63) is 59.7 Å². The number of para-hydroxylation sites is 2. The number of benzene rings is 2. The number of carbonyl (C=O) groups is 2. The molecule has 3 rings (SSSR count). The van der Waals surface area contributed by atoms with Crippen molar-refractivity contribution in [3.8, 4) is 0 Å². The van der Waals surface area contributed by atoms with Gasteiger partial charge in [0.15, 0.2) is 0 Å². The van der Waals surface area contributed by atoms with Crippen LogP contribution in [0.15, 0.2) is 48.5 Å². The average Bonchev–Trinajstić information content (AvgIpc) is 3.02. The van der Waals surface area contributed by atoms with E-state index in [1.165, 1.54) is 0 Å². The number of carbonyl (C=O) groups excluding carboxylic acids is 2. The summed E-state index contributed by atoms with van der Waals surface area (Å²) >= 11 is 0. The molecule has 1 atom stereocenters. The minimum absolute atomic E-state index is 0.0757. The molecule has 0 fully saturated rings. The van der Waals surface area contributed by atoms with Crippen molar-refractivity contribution in [3.63, 3.8) is 0 Å². The third kappa shape index (κ3) is 4.06. The topological polar surface area (TPSA) is 76.0 Å². The van der Waals surface area contributed by atoms with E-state index in [0.29, 0.717) is 18.1 Å². The van der Waals surface area contributed by atoms with E-state index in [2.05, 4.69) is 15.6 Å². The normalized spacial score (nSPS) is 12.2. The number of rotatable bonds is 6. The Balaban J connectivity index is 1.81. The van der Waals surface area contributed by atoms with Gasteiger partial charge in [-0.05, 0) is 44.0 Å². The monoisotopic (exact) mass is 378 g/mol. The van der Waals surface area contributed by atoms with Crippen LogP contribution in [0.1, 0.15) is 36.7 Å². The summed E-state index contributed by atoms with van der Waals surface area (Å²) in [5.41, 5.74) is 3.32. The number of anilines is 1. The summed E-state index contributed by atoms with van der Waals surface area (Å²) in [6, 6.07) is 14.4. The first-order chi connectivity index (χ1) is 13.4. The highest BCUT2D eigenvalue weighted by Gasteiger charge is 2.26. The molecular formula is C22H26N4O2. The molecule has 0 aliphatic carbocycles. The van der Waals surface area contributed by atoms with Gasteiger partial charge in [-0.3, -0.25) is 14.9 Å². The van der Waals surface area contributed by atoms with Crippen molar-refractivity contribution in [1.82, 2.24) is 14.9 Å². The van der Waals surface area contributed by atoms with Gasteiger partial charge in [-0.15, -0.1) is 0 Å². The number of nitrogens with zero attached hydrogens (tertiary/aromatic N) is 2. The fourth-order valence-electron chi connectivity index (χ4n) is 3.22. The number of aromatic nitrogens is 2. The van der Waals surface area contributed by atoms with E-state index in [-0.39, 0.29) is 17.7 Å². The van der Waals surface area contributed by atoms with E-state index in [0.717, 1.165) is 16.6 Å². The summed E-state index contributed by atoms with van der Waals surface area (Å²) in [4.78, 5) is 30.1. The van der Waals surface area contributed by atoms with Gasteiger partial charge < -0.3 is 9.88 Å². The number of hydrogen-bond donors (Lipinski definition) is 2. The van der Waals surface area contributed by atoms with Crippen LogP contribution in [-0.4, -0.2) is 27.4 Å². The predicted molar refractivity (Wildman–Crippen MR) is 111 cm³/mol. The molecule has 28 heavy (non-hydrogen) atoms. The molecule has 0 bridgehead atoms. The summed E-state index contributed by atoms with van der Waals surface area (Å²) < 4.78 is 1.95. The third-order valence-electron chi connectivity index (χ3n) is 4.72. The van der Waals surface area contributed by atoms with Crippen LogP contribution in [0, 0.1) is 12.8 Å². The molecule has 2 N–H and O–H groups in total. The van der Waals surface area contributed by atoms with E-state index in [1.807, 2.05) is 68.7 Å². The van der Waals surface area contributed by atoms with Crippen molar-refractivity contribution in [2.75, 3.05) is 5.32 Å². The Morgan fingerprint density at radius 3 is 2.54 bits per heavy atom. The summed E-state index contributed by atoms with van der Waals surface area (Å²) in [5, 5.41) is 5.76. The van der Waals surface area contributed by atoms with Gasteiger partial charge >= 0.3 is 0 Å². The SMILES string of the molecule is CCn1c(NC(=O)C(NC(=O)c2cccc(C)c2)C(C)C)nc2ccccc21. The van der Waals surface area contributed by atoms with Gasteiger partial charge in [0.05, 0.1) is 11.0 Å². The lowest BCUT2D eigenvalue weighted by Gasteiger charge is -2.22. The van der Waals surface area contributed by atoms with E-state index >= 15 is 0 Å². The molecule has 3 aromatic rings. The molecule has 0 saturated carbocycles. The molecule has 0 aliphatic rings. The highest BCUT2D eigenvalue weighted by Crippen LogP contribution is 2.20. The second-order valence-electron chi connectivity index (χ2n) is 7.22. The molecule has 0 aliphatic heterocycles. The van der Waals surface area contributed by atoms with Crippen LogP contribution < -0.4 is 10.6 Å². The Morgan fingerprint density at radius 2 is 1.86 bits per heavy atom. The lowest BCUT2D eigenvalue weighted by molar-refractivity contribution is -0.118. The van der Waals surface area contributed by atoms with Crippen LogP contribution in [0.3, 0.4) is 0 Å². The zero-order valence-corrected chi connectivity index (χ0v) is 16.7. The Labute approximate surface area is 165 Å². The predicted octanol–water partition coefficient (Wildman–Crippen LogP) is 3.76. The van der Waals surface area contributed by atoms with Crippen LogP contribution in [0.25, 0.3) is 11.0 Å². The summed E-state index contributed by atoms with van der Waals surface area (Å²) in [6.45, 7) is 8.42. The second kappa shape index (κ2) is 8.25. The van der Waals surface area contributed by atoms with Gasteiger partial charge in [0, 0.05) is 12.1 Å². The first-order valence-corrected chi connectivity index (χ1v) is 9.54. The Hall–Kier alpha value is -3.15. The highest BCUT2D eigenvalue weighted by atomic mass is 16.2. The zero-order valence-electron chi connectivity index (χ0n) is 16.7. The second-order valence-corrected chi connectivity index (χ2v) is 7.22. The fourth-order valence-corrected chi connectivity index (χ4v) is 3.22. The van der Waals surface area contributed by atoms with Crippen LogP contribution >= 0.6 is 0 Å². The standard InChI is InChI=1S/C22H26N4O2/c1-5-26-18-12-7-6-11-17(18)23-22(26)25-21(28)19(14(2)3)24-20(27)16-10-8-9-15(4)13-16/h6-14,19H,5H2,1-4H3,(H,24,27)(H,23,25,28).